The molecule has 1 saturated heterocycles. The number of urea groups is 1. The van der Waals surface area contributed by atoms with Crippen molar-refractivity contribution in [3.8, 4) is 0 Å². The fraction of sp³-hybridized carbons (Fsp3) is 0.263. The molecule has 0 aromatic heterocycles. The molecule has 1 heterocycles. The van der Waals surface area contributed by atoms with E-state index in [1.807, 2.05) is 5.32 Å². The van der Waals surface area contributed by atoms with Gasteiger partial charge in [0.25, 0.3) is 0 Å². The molecule has 3 rings (SSSR count). The number of halogens is 7. The summed E-state index contributed by atoms with van der Waals surface area (Å²) in [6.07, 6.45) is -10.3. The minimum absolute atomic E-state index is 0.00568. The first-order valence-electron chi connectivity index (χ1n) is 8.76. The summed E-state index contributed by atoms with van der Waals surface area (Å²) in [7, 11) is 0. The molecule has 5 nitrogen and oxygen atoms in total. The standard InChI is InChI=1S/C19H14F7N3O2/c20-12-1-3-15(4-2-12)29-9-14(8-16(29)30)28-17(31)27-13-6-10(18(21,22)23)5-11(7-13)19(24,25)26/h1-7,14H,8-9H2,(H2,27,28,31). The normalized spacial score (nSPS) is 17.1. The van der Waals surface area contributed by atoms with E-state index >= 15 is 0 Å². The summed E-state index contributed by atoms with van der Waals surface area (Å²) >= 11 is 0. The Hall–Kier alpha value is -3.31. The van der Waals surface area contributed by atoms with Crippen molar-refractivity contribution in [3.05, 3.63) is 59.4 Å². The maximum atomic E-state index is 13.0. The lowest BCUT2D eigenvalue weighted by molar-refractivity contribution is -0.143. The van der Waals surface area contributed by atoms with Crippen LogP contribution in [0.5, 0.6) is 0 Å². The Kier molecular flexibility index (Phi) is 5.83. The van der Waals surface area contributed by atoms with Gasteiger partial charge in [-0.2, -0.15) is 26.3 Å². The quantitative estimate of drug-likeness (QED) is 0.662. The van der Waals surface area contributed by atoms with Crippen molar-refractivity contribution in [3.63, 3.8) is 0 Å². The van der Waals surface area contributed by atoms with Gasteiger partial charge in [-0.3, -0.25) is 4.79 Å². The molecule has 1 atom stereocenters. The largest absolute Gasteiger partial charge is 0.416 e. The zero-order valence-corrected chi connectivity index (χ0v) is 15.4. The van der Waals surface area contributed by atoms with E-state index in [1.165, 1.54) is 17.0 Å². The highest BCUT2D eigenvalue weighted by molar-refractivity contribution is 5.97. The SMILES string of the molecule is O=C(Nc1cc(C(F)(F)F)cc(C(F)(F)F)c1)NC1CC(=O)N(c2ccc(F)cc2)C1. The van der Waals surface area contributed by atoms with Gasteiger partial charge < -0.3 is 15.5 Å². The Morgan fingerprint density at radius 3 is 2.00 bits per heavy atom. The molecule has 0 aliphatic carbocycles. The molecule has 12 heteroatoms. The summed E-state index contributed by atoms with van der Waals surface area (Å²) < 4.78 is 90.5. The van der Waals surface area contributed by atoms with Crippen molar-refractivity contribution in [1.82, 2.24) is 5.32 Å². The molecule has 0 spiro atoms. The molecule has 2 N–H and O–H groups in total. The second-order valence-electron chi connectivity index (χ2n) is 6.77. The van der Waals surface area contributed by atoms with Crippen molar-refractivity contribution in [2.24, 2.45) is 0 Å². The number of hydrogen-bond donors (Lipinski definition) is 2. The summed E-state index contributed by atoms with van der Waals surface area (Å²) in [4.78, 5) is 25.5. The van der Waals surface area contributed by atoms with Gasteiger partial charge in [0.15, 0.2) is 0 Å². The summed E-state index contributed by atoms with van der Waals surface area (Å²) in [5.41, 5.74) is -3.48. The number of alkyl halides is 6. The number of anilines is 2. The van der Waals surface area contributed by atoms with E-state index < -0.39 is 53.0 Å². The monoisotopic (exact) mass is 449 g/mol. The van der Waals surface area contributed by atoms with Crippen LogP contribution in [0.2, 0.25) is 0 Å². The lowest BCUT2D eigenvalue weighted by Gasteiger charge is -2.18. The van der Waals surface area contributed by atoms with Crippen LogP contribution in [0.25, 0.3) is 0 Å². The van der Waals surface area contributed by atoms with Gasteiger partial charge in [-0.1, -0.05) is 0 Å². The molecular formula is C19H14F7N3O2. The first kappa shape index (κ1) is 22.4. The van der Waals surface area contributed by atoms with Crippen molar-refractivity contribution >= 4 is 23.3 Å². The molecule has 1 unspecified atom stereocenters. The molecule has 166 valence electrons. The Morgan fingerprint density at radius 1 is 0.935 bits per heavy atom. The van der Waals surface area contributed by atoms with Crippen LogP contribution >= 0.6 is 0 Å². The van der Waals surface area contributed by atoms with Crippen LogP contribution in [0.1, 0.15) is 17.5 Å². The number of carbonyl (C=O) groups excluding carboxylic acids is 2. The predicted molar refractivity (Wildman–Crippen MR) is 95.8 cm³/mol. The Morgan fingerprint density at radius 2 is 1.48 bits per heavy atom. The zero-order chi connectivity index (χ0) is 23.0. The summed E-state index contributed by atoms with van der Waals surface area (Å²) in [6, 6.07) is 3.85. The molecular weight excluding hydrogens is 435 g/mol. The molecule has 1 aliphatic heterocycles. The fourth-order valence-corrected chi connectivity index (χ4v) is 3.05. The summed E-state index contributed by atoms with van der Waals surface area (Å²) in [5.74, 6) is -0.904. The molecule has 2 aromatic rings. The Labute approximate surface area is 170 Å². The van der Waals surface area contributed by atoms with Gasteiger partial charge in [-0.25, -0.2) is 9.18 Å². The van der Waals surface area contributed by atoms with Crippen LogP contribution in [0, 0.1) is 5.82 Å². The van der Waals surface area contributed by atoms with Crippen LogP contribution in [0.4, 0.5) is 46.9 Å². The van der Waals surface area contributed by atoms with E-state index in [-0.39, 0.29) is 19.0 Å². The molecule has 0 bridgehead atoms. The van der Waals surface area contributed by atoms with Crippen LogP contribution in [0.3, 0.4) is 0 Å². The van der Waals surface area contributed by atoms with Gasteiger partial charge in [-0.15, -0.1) is 0 Å². The lowest BCUT2D eigenvalue weighted by atomic mass is 10.1. The highest BCUT2D eigenvalue weighted by Gasteiger charge is 2.37. The predicted octanol–water partition coefficient (Wildman–Crippen LogP) is 4.79. The highest BCUT2D eigenvalue weighted by Crippen LogP contribution is 2.37. The molecule has 2 aromatic carbocycles. The first-order valence-corrected chi connectivity index (χ1v) is 8.76. The number of hydrogen-bond acceptors (Lipinski definition) is 2. The fourth-order valence-electron chi connectivity index (χ4n) is 3.05. The van der Waals surface area contributed by atoms with Crippen molar-refractivity contribution in [2.45, 2.75) is 24.8 Å². The average Bonchev–Trinajstić information content (AvgIpc) is 3.00. The van der Waals surface area contributed by atoms with E-state index in [0.717, 1.165) is 12.1 Å². The van der Waals surface area contributed by atoms with Gasteiger partial charge in [0.05, 0.1) is 17.2 Å². The maximum Gasteiger partial charge on any atom is 0.416 e. The summed E-state index contributed by atoms with van der Waals surface area (Å²) in [5, 5.41) is 4.28. The zero-order valence-electron chi connectivity index (χ0n) is 15.4. The van der Waals surface area contributed by atoms with E-state index in [4.69, 9.17) is 0 Å². The number of rotatable bonds is 3. The van der Waals surface area contributed by atoms with Gasteiger partial charge in [0.1, 0.15) is 5.82 Å². The van der Waals surface area contributed by atoms with E-state index in [1.54, 1.807) is 0 Å². The third-order valence-corrected chi connectivity index (χ3v) is 4.44. The molecule has 0 radical (unpaired) electrons. The molecule has 31 heavy (non-hydrogen) atoms. The van der Waals surface area contributed by atoms with Gasteiger partial charge in [-0.05, 0) is 42.5 Å². The van der Waals surface area contributed by atoms with E-state index in [9.17, 15) is 40.3 Å². The van der Waals surface area contributed by atoms with Crippen molar-refractivity contribution in [2.75, 3.05) is 16.8 Å². The smallest absolute Gasteiger partial charge is 0.333 e. The van der Waals surface area contributed by atoms with Crippen LogP contribution in [-0.4, -0.2) is 24.5 Å². The first-order chi connectivity index (χ1) is 14.3. The number of carbonyl (C=O) groups is 2. The highest BCUT2D eigenvalue weighted by atomic mass is 19.4. The van der Waals surface area contributed by atoms with Crippen molar-refractivity contribution < 1.29 is 40.3 Å². The summed E-state index contributed by atoms with van der Waals surface area (Å²) in [6.45, 7) is -0.00568. The number of nitrogens with one attached hydrogen (secondary N) is 2. The average molecular weight is 449 g/mol. The lowest BCUT2D eigenvalue weighted by Crippen LogP contribution is -2.39. The minimum atomic E-state index is -5.05. The third kappa shape index (κ3) is 5.44. The van der Waals surface area contributed by atoms with E-state index in [0.29, 0.717) is 17.8 Å². The van der Waals surface area contributed by atoms with Gasteiger partial charge in [0.2, 0.25) is 5.91 Å². The Bertz CT molecular complexity index is 955. The molecule has 1 fully saturated rings. The second kappa shape index (κ2) is 8.08. The minimum Gasteiger partial charge on any atom is -0.333 e. The Balaban J connectivity index is 1.71. The maximum absolute atomic E-state index is 13.0. The third-order valence-electron chi connectivity index (χ3n) is 4.44. The number of nitrogens with zero attached hydrogens (tertiary/aromatic N) is 1. The molecule has 3 amide bonds. The van der Waals surface area contributed by atoms with Crippen molar-refractivity contribution in [1.29, 1.82) is 0 Å². The van der Waals surface area contributed by atoms with Crippen LogP contribution in [0.15, 0.2) is 42.5 Å². The second-order valence-corrected chi connectivity index (χ2v) is 6.77. The molecule has 0 saturated carbocycles. The van der Waals surface area contributed by atoms with E-state index in [2.05, 4.69) is 5.32 Å². The van der Waals surface area contributed by atoms with Gasteiger partial charge >= 0.3 is 18.4 Å². The topological polar surface area (TPSA) is 61.4 Å². The number of amides is 3. The van der Waals surface area contributed by atoms with Crippen LogP contribution < -0.4 is 15.5 Å². The molecule has 1 aliphatic rings. The number of benzene rings is 2. The van der Waals surface area contributed by atoms with Gasteiger partial charge in [0, 0.05) is 24.3 Å². The van der Waals surface area contributed by atoms with Crippen LogP contribution in [-0.2, 0) is 17.1 Å².